The number of carbonyl (C=O) groups is 1. The van der Waals surface area contributed by atoms with E-state index >= 15 is 0 Å². The van der Waals surface area contributed by atoms with Crippen molar-refractivity contribution in [2.45, 2.75) is 19.4 Å². The lowest BCUT2D eigenvalue weighted by molar-refractivity contribution is 0.0690. The summed E-state index contributed by atoms with van der Waals surface area (Å²) >= 11 is 1.78. The number of carboxylic acid groups (broad SMARTS) is 1. The molecule has 16 heavy (non-hydrogen) atoms. The molecule has 1 rings (SSSR count). The molecule has 0 radical (unpaired) electrons. The van der Waals surface area contributed by atoms with E-state index in [2.05, 4.69) is 21.5 Å². The van der Waals surface area contributed by atoms with Gasteiger partial charge in [-0.2, -0.15) is 11.8 Å². The molecule has 1 heterocycles. The molecular formula is C10H15N3O2S. The van der Waals surface area contributed by atoms with Crippen LogP contribution in [0.1, 0.15) is 23.8 Å². The number of anilines is 1. The number of aromatic nitrogens is 2. The molecule has 0 saturated carbocycles. The Bertz CT molecular complexity index is 360. The zero-order valence-corrected chi connectivity index (χ0v) is 10.1. The molecule has 6 heteroatoms. The van der Waals surface area contributed by atoms with Gasteiger partial charge in [0, 0.05) is 6.04 Å². The summed E-state index contributed by atoms with van der Waals surface area (Å²) in [5.74, 6) is 0.502. The van der Waals surface area contributed by atoms with Crippen molar-refractivity contribution in [3.05, 3.63) is 18.1 Å². The first-order valence-corrected chi connectivity index (χ1v) is 6.33. The third kappa shape index (κ3) is 4.06. The molecule has 1 aromatic rings. The highest BCUT2D eigenvalue weighted by Gasteiger charge is 2.07. The van der Waals surface area contributed by atoms with E-state index in [-0.39, 0.29) is 11.7 Å². The number of nitrogens with one attached hydrogen (secondary N) is 1. The Morgan fingerprint density at radius 3 is 3.00 bits per heavy atom. The van der Waals surface area contributed by atoms with E-state index in [0.717, 1.165) is 12.2 Å². The van der Waals surface area contributed by atoms with Crippen molar-refractivity contribution < 1.29 is 9.90 Å². The van der Waals surface area contributed by atoms with Gasteiger partial charge in [0.2, 0.25) is 0 Å². The molecule has 88 valence electrons. The normalized spacial score (nSPS) is 12.1. The van der Waals surface area contributed by atoms with Crippen molar-refractivity contribution in [3.8, 4) is 0 Å². The van der Waals surface area contributed by atoms with Crippen LogP contribution in [0.2, 0.25) is 0 Å². The molecule has 0 aromatic carbocycles. The number of nitrogens with zero attached hydrogens (tertiary/aromatic N) is 2. The minimum atomic E-state index is -1.06. The van der Waals surface area contributed by atoms with Crippen molar-refractivity contribution in [3.63, 3.8) is 0 Å². The highest BCUT2D eigenvalue weighted by Crippen LogP contribution is 2.08. The maximum Gasteiger partial charge on any atom is 0.356 e. The predicted octanol–water partition coefficient (Wildman–Crippen LogP) is 1.73. The molecule has 1 atom stereocenters. The molecule has 0 bridgehead atoms. The number of carboxylic acids is 1. The minimum absolute atomic E-state index is 0.0398. The van der Waals surface area contributed by atoms with Crippen LogP contribution < -0.4 is 5.32 Å². The van der Waals surface area contributed by atoms with Crippen LogP contribution >= 0.6 is 11.8 Å². The molecular weight excluding hydrogens is 226 g/mol. The summed E-state index contributed by atoms with van der Waals surface area (Å²) in [6.07, 6.45) is 5.82. The smallest absolute Gasteiger partial charge is 0.356 e. The van der Waals surface area contributed by atoms with Gasteiger partial charge < -0.3 is 10.4 Å². The first-order chi connectivity index (χ1) is 7.63. The highest BCUT2D eigenvalue weighted by atomic mass is 32.2. The van der Waals surface area contributed by atoms with Gasteiger partial charge in [-0.1, -0.05) is 0 Å². The van der Waals surface area contributed by atoms with Gasteiger partial charge in [-0.25, -0.2) is 9.78 Å². The Labute approximate surface area is 98.7 Å². The van der Waals surface area contributed by atoms with E-state index in [1.54, 1.807) is 11.8 Å². The Kier molecular flexibility index (Phi) is 5.04. The molecule has 5 nitrogen and oxygen atoms in total. The summed E-state index contributed by atoms with van der Waals surface area (Å²) in [6, 6.07) is 0.255. The maximum atomic E-state index is 10.7. The van der Waals surface area contributed by atoms with Gasteiger partial charge in [0.05, 0.1) is 12.4 Å². The lowest BCUT2D eigenvalue weighted by Crippen LogP contribution is -2.17. The fourth-order valence-electron chi connectivity index (χ4n) is 1.16. The third-order valence-corrected chi connectivity index (χ3v) is 2.65. The summed E-state index contributed by atoms with van der Waals surface area (Å²) < 4.78 is 0. The lowest BCUT2D eigenvalue weighted by atomic mass is 10.2. The summed E-state index contributed by atoms with van der Waals surface area (Å²) in [5, 5.41) is 11.9. The largest absolute Gasteiger partial charge is 0.476 e. The molecule has 0 aliphatic heterocycles. The van der Waals surface area contributed by atoms with Crippen molar-refractivity contribution in [1.29, 1.82) is 0 Å². The lowest BCUT2D eigenvalue weighted by Gasteiger charge is -2.13. The molecule has 0 aliphatic rings. The van der Waals surface area contributed by atoms with Gasteiger partial charge in [-0.15, -0.1) is 0 Å². The highest BCUT2D eigenvalue weighted by molar-refractivity contribution is 7.98. The Morgan fingerprint density at radius 1 is 1.62 bits per heavy atom. The van der Waals surface area contributed by atoms with Crippen LogP contribution in [0.15, 0.2) is 12.4 Å². The van der Waals surface area contributed by atoms with E-state index in [4.69, 9.17) is 5.11 Å². The third-order valence-electron chi connectivity index (χ3n) is 2.00. The van der Waals surface area contributed by atoms with Crippen molar-refractivity contribution in [2.75, 3.05) is 17.3 Å². The molecule has 0 aliphatic carbocycles. The molecule has 0 amide bonds. The molecule has 1 unspecified atom stereocenters. The molecule has 2 N–H and O–H groups in total. The maximum absolute atomic E-state index is 10.7. The van der Waals surface area contributed by atoms with E-state index in [1.807, 2.05) is 6.92 Å². The number of thioether (sulfide) groups is 1. The topological polar surface area (TPSA) is 75.1 Å². The van der Waals surface area contributed by atoms with Gasteiger partial charge in [0.1, 0.15) is 5.82 Å². The van der Waals surface area contributed by atoms with Gasteiger partial charge in [0.15, 0.2) is 5.69 Å². The number of hydrogen-bond donors (Lipinski definition) is 2. The van der Waals surface area contributed by atoms with E-state index in [9.17, 15) is 4.79 Å². The van der Waals surface area contributed by atoms with Crippen LogP contribution in [-0.2, 0) is 0 Å². The second kappa shape index (κ2) is 6.32. The van der Waals surface area contributed by atoms with Crippen LogP contribution in [-0.4, -0.2) is 39.1 Å². The summed E-state index contributed by atoms with van der Waals surface area (Å²) in [5.41, 5.74) is -0.0398. The van der Waals surface area contributed by atoms with E-state index < -0.39 is 5.97 Å². The SMILES string of the molecule is CSCCC(C)Nc1cncc(C(=O)O)n1. The zero-order valence-electron chi connectivity index (χ0n) is 9.30. The average Bonchev–Trinajstić information content (AvgIpc) is 2.26. The number of rotatable bonds is 6. The fourth-order valence-corrected chi connectivity index (χ4v) is 1.75. The second-order valence-corrected chi connectivity index (χ2v) is 4.41. The standard InChI is InChI=1S/C10H15N3O2S/c1-7(3-4-16-2)12-9-6-11-5-8(13-9)10(14)15/h5-7H,3-4H2,1-2H3,(H,12,13)(H,14,15). The number of aromatic carboxylic acids is 1. The van der Waals surface area contributed by atoms with Crippen LogP contribution in [0.4, 0.5) is 5.82 Å². The Balaban J connectivity index is 2.59. The quantitative estimate of drug-likeness (QED) is 0.790. The van der Waals surface area contributed by atoms with Gasteiger partial charge in [-0.05, 0) is 25.4 Å². The van der Waals surface area contributed by atoms with E-state index in [0.29, 0.717) is 5.82 Å². The summed E-state index contributed by atoms with van der Waals surface area (Å²) in [6.45, 7) is 2.03. The predicted molar refractivity (Wildman–Crippen MR) is 65.1 cm³/mol. The second-order valence-electron chi connectivity index (χ2n) is 3.42. The number of hydrogen-bond acceptors (Lipinski definition) is 5. The van der Waals surface area contributed by atoms with Crippen molar-refractivity contribution >= 4 is 23.5 Å². The van der Waals surface area contributed by atoms with Crippen molar-refractivity contribution in [1.82, 2.24) is 9.97 Å². The minimum Gasteiger partial charge on any atom is -0.476 e. The van der Waals surface area contributed by atoms with Crippen molar-refractivity contribution in [2.24, 2.45) is 0 Å². The van der Waals surface area contributed by atoms with Crippen LogP contribution in [0.5, 0.6) is 0 Å². The first kappa shape index (κ1) is 12.8. The first-order valence-electron chi connectivity index (χ1n) is 4.94. The summed E-state index contributed by atoms with van der Waals surface area (Å²) in [4.78, 5) is 18.4. The average molecular weight is 241 g/mol. The van der Waals surface area contributed by atoms with Gasteiger partial charge in [0.25, 0.3) is 0 Å². The van der Waals surface area contributed by atoms with E-state index in [1.165, 1.54) is 12.4 Å². The monoisotopic (exact) mass is 241 g/mol. The molecule has 0 fully saturated rings. The van der Waals surface area contributed by atoms with Crippen LogP contribution in [0, 0.1) is 0 Å². The van der Waals surface area contributed by atoms with Crippen LogP contribution in [0.3, 0.4) is 0 Å². The Morgan fingerprint density at radius 2 is 2.38 bits per heavy atom. The fraction of sp³-hybridized carbons (Fsp3) is 0.500. The molecule has 0 saturated heterocycles. The van der Waals surface area contributed by atoms with Gasteiger partial charge in [-0.3, -0.25) is 4.98 Å². The van der Waals surface area contributed by atoms with Gasteiger partial charge >= 0.3 is 5.97 Å². The Hall–Kier alpha value is -1.30. The zero-order chi connectivity index (χ0) is 12.0. The summed E-state index contributed by atoms with van der Waals surface area (Å²) in [7, 11) is 0. The molecule has 1 aromatic heterocycles. The van der Waals surface area contributed by atoms with Crippen LogP contribution in [0.25, 0.3) is 0 Å². The molecule has 0 spiro atoms.